The Morgan fingerprint density at radius 1 is 1.40 bits per heavy atom. The van der Waals surface area contributed by atoms with Gasteiger partial charge in [-0.1, -0.05) is 18.3 Å². The molecule has 1 aromatic heterocycles. The number of rotatable bonds is 2. The van der Waals surface area contributed by atoms with E-state index < -0.39 is 11.7 Å². The number of benzene rings is 1. The molecule has 0 radical (unpaired) electrons. The molecule has 8 heteroatoms. The average Bonchev–Trinajstić information content (AvgIpc) is 2.37. The van der Waals surface area contributed by atoms with Gasteiger partial charge in [-0.25, -0.2) is 4.39 Å². The number of carbonyl (C=O) groups is 1. The summed E-state index contributed by atoms with van der Waals surface area (Å²) >= 11 is 8.41. The molecule has 0 saturated heterocycles. The quantitative estimate of drug-likeness (QED) is 0.333. The Kier molecular flexibility index (Phi) is 7.52. The molecule has 4 nitrogen and oxygen atoms in total. The van der Waals surface area contributed by atoms with Gasteiger partial charge < -0.3 is 0 Å². The van der Waals surface area contributed by atoms with Crippen molar-refractivity contribution in [3.05, 3.63) is 41.8 Å². The van der Waals surface area contributed by atoms with E-state index in [-0.39, 0.29) is 62.1 Å². The third-order valence-corrected chi connectivity index (χ3v) is 2.64. The molecule has 1 aromatic carbocycles. The fourth-order valence-corrected chi connectivity index (χ4v) is 1.72. The Morgan fingerprint density at radius 2 is 2.15 bits per heavy atom. The molecule has 2 aromatic rings. The molecular weight excluding hydrogens is 324 g/mol. The number of nitrogens with zero attached hydrogens (tertiary/aromatic N) is 1. The predicted molar refractivity (Wildman–Crippen MR) is 85.4 cm³/mol. The van der Waals surface area contributed by atoms with Crippen LogP contribution in [0.4, 0.5) is 4.39 Å². The molecule has 2 rings (SSSR count). The summed E-state index contributed by atoms with van der Waals surface area (Å²) in [5, 5.41) is 0.782. The molecule has 0 aliphatic carbocycles. The van der Waals surface area contributed by atoms with Crippen LogP contribution < -0.4 is 10.9 Å². The van der Waals surface area contributed by atoms with Crippen LogP contribution in [0, 0.1) is 5.82 Å². The molecule has 2 N–H and O–H groups in total. The van der Waals surface area contributed by atoms with Crippen molar-refractivity contribution < 1.29 is 9.18 Å². The first-order valence-corrected chi connectivity index (χ1v) is 6.23. The van der Waals surface area contributed by atoms with E-state index in [1.807, 2.05) is 6.07 Å². The SMILES string of the molecule is O=C(Cc1cc2cccnc2cc1F)NNC(=S)S.[KH]. The van der Waals surface area contributed by atoms with E-state index in [4.69, 9.17) is 0 Å². The van der Waals surface area contributed by atoms with Crippen LogP contribution >= 0.6 is 24.8 Å². The number of halogens is 1. The molecule has 0 saturated carbocycles. The molecular formula is C12H11FKN3OS2. The van der Waals surface area contributed by atoms with Crippen LogP contribution in [0.5, 0.6) is 0 Å². The van der Waals surface area contributed by atoms with Crippen LogP contribution in [0.15, 0.2) is 30.5 Å². The summed E-state index contributed by atoms with van der Waals surface area (Å²) in [6.07, 6.45) is 1.49. The van der Waals surface area contributed by atoms with Crippen molar-refractivity contribution in [3.63, 3.8) is 0 Å². The van der Waals surface area contributed by atoms with E-state index in [1.165, 1.54) is 6.07 Å². The van der Waals surface area contributed by atoms with Gasteiger partial charge >= 0.3 is 51.4 Å². The van der Waals surface area contributed by atoms with Gasteiger partial charge in [-0.05, 0) is 17.7 Å². The maximum atomic E-state index is 13.8. The molecule has 0 bridgehead atoms. The van der Waals surface area contributed by atoms with E-state index in [2.05, 4.69) is 40.7 Å². The van der Waals surface area contributed by atoms with Crippen LogP contribution in [0.25, 0.3) is 10.9 Å². The Bertz CT molecular complexity index is 654. The first kappa shape index (κ1) is 18.0. The number of nitrogens with one attached hydrogen (secondary N) is 2. The van der Waals surface area contributed by atoms with Gasteiger partial charge in [0.2, 0.25) is 5.91 Å². The van der Waals surface area contributed by atoms with E-state index in [9.17, 15) is 9.18 Å². The van der Waals surface area contributed by atoms with Crippen molar-refractivity contribution in [1.29, 1.82) is 0 Å². The Hall–Kier alpha value is -0.0936. The summed E-state index contributed by atoms with van der Waals surface area (Å²) in [5.41, 5.74) is 5.55. The number of hydrogen-bond donors (Lipinski definition) is 3. The number of hydrogen-bond acceptors (Lipinski definition) is 3. The van der Waals surface area contributed by atoms with Crippen molar-refractivity contribution in [2.24, 2.45) is 0 Å². The fourth-order valence-electron chi connectivity index (χ4n) is 1.62. The predicted octanol–water partition coefficient (Wildman–Crippen LogP) is 1.10. The van der Waals surface area contributed by atoms with Crippen LogP contribution in [-0.2, 0) is 11.2 Å². The summed E-state index contributed by atoms with van der Waals surface area (Å²) < 4.78 is 13.9. The Labute approximate surface area is 168 Å². The van der Waals surface area contributed by atoms with Crippen LogP contribution in [0.3, 0.4) is 0 Å². The number of carbonyl (C=O) groups excluding carboxylic acids is 1. The van der Waals surface area contributed by atoms with Gasteiger partial charge in [0.25, 0.3) is 0 Å². The monoisotopic (exact) mass is 335 g/mol. The number of pyridine rings is 1. The van der Waals surface area contributed by atoms with E-state index in [0.29, 0.717) is 11.1 Å². The van der Waals surface area contributed by atoms with Crippen molar-refractivity contribution >= 4 is 97.4 Å². The average molecular weight is 335 g/mol. The minimum absolute atomic E-state index is 0. The third-order valence-electron chi connectivity index (χ3n) is 2.43. The number of amides is 1. The van der Waals surface area contributed by atoms with Crippen LogP contribution in [-0.4, -0.2) is 66.6 Å². The number of fused-ring (bicyclic) bond motifs is 1. The second kappa shape index (κ2) is 8.37. The summed E-state index contributed by atoms with van der Waals surface area (Å²) in [6, 6.07) is 6.49. The Morgan fingerprint density at radius 3 is 2.85 bits per heavy atom. The minimum atomic E-state index is -0.463. The van der Waals surface area contributed by atoms with Crippen molar-refractivity contribution in [2.45, 2.75) is 6.42 Å². The first-order valence-electron chi connectivity index (χ1n) is 5.37. The van der Waals surface area contributed by atoms with E-state index >= 15 is 0 Å². The normalized spacial score (nSPS) is 9.70. The van der Waals surface area contributed by atoms with Crippen molar-refractivity contribution in [3.8, 4) is 0 Å². The van der Waals surface area contributed by atoms with Gasteiger partial charge in [0.15, 0.2) is 0 Å². The topological polar surface area (TPSA) is 54.0 Å². The molecule has 0 unspecified atom stereocenters. The summed E-state index contributed by atoms with van der Waals surface area (Å²) in [4.78, 5) is 15.6. The standard InChI is InChI=1S/C12H10FN3OS2.K.H/c13-9-6-10-7(2-1-3-14-10)4-8(9)5-11(17)15-16-12(18)19;;/h1-4,6H,5H2,(H,15,17)(H2,16,18,19);;. The molecule has 1 heterocycles. The first-order chi connectivity index (χ1) is 9.06. The van der Waals surface area contributed by atoms with E-state index in [0.717, 1.165) is 5.39 Å². The zero-order valence-corrected chi connectivity index (χ0v) is 11.4. The number of thiocarbonyl (C=S) groups is 1. The third kappa shape index (κ3) is 5.03. The molecule has 1 amide bonds. The van der Waals surface area contributed by atoms with Crippen LogP contribution in [0.2, 0.25) is 0 Å². The van der Waals surface area contributed by atoms with Gasteiger partial charge in [-0.2, -0.15) is 0 Å². The van der Waals surface area contributed by atoms with Gasteiger partial charge in [0.1, 0.15) is 10.1 Å². The fraction of sp³-hybridized carbons (Fsp3) is 0.0833. The number of aromatic nitrogens is 1. The Balaban J connectivity index is 0.00000200. The second-order valence-corrected chi connectivity index (χ2v) is 4.95. The van der Waals surface area contributed by atoms with Gasteiger partial charge in [-0.3, -0.25) is 20.6 Å². The molecule has 0 aliphatic heterocycles. The molecule has 0 spiro atoms. The number of hydrazine groups is 1. The molecule has 100 valence electrons. The van der Waals surface area contributed by atoms with Crippen LogP contribution in [0.1, 0.15) is 5.56 Å². The summed E-state index contributed by atoms with van der Waals surface area (Å²) in [7, 11) is 0. The molecule has 0 aliphatic rings. The number of thiol groups is 1. The molecule has 0 atom stereocenters. The van der Waals surface area contributed by atoms with Gasteiger partial charge in [0.05, 0.1) is 11.9 Å². The summed E-state index contributed by atoms with van der Waals surface area (Å²) in [5.74, 6) is -0.867. The molecule has 20 heavy (non-hydrogen) atoms. The molecule has 0 fully saturated rings. The zero-order valence-electron chi connectivity index (χ0n) is 9.68. The second-order valence-electron chi connectivity index (χ2n) is 3.79. The van der Waals surface area contributed by atoms with E-state index in [1.54, 1.807) is 18.3 Å². The zero-order chi connectivity index (χ0) is 13.8. The maximum absolute atomic E-state index is 13.8. The van der Waals surface area contributed by atoms with Crippen molar-refractivity contribution in [1.82, 2.24) is 15.8 Å². The van der Waals surface area contributed by atoms with Crippen molar-refractivity contribution in [2.75, 3.05) is 0 Å². The van der Waals surface area contributed by atoms with Gasteiger partial charge in [0, 0.05) is 17.6 Å². The summed E-state index contributed by atoms with van der Waals surface area (Å²) in [6.45, 7) is 0. The van der Waals surface area contributed by atoms with Gasteiger partial charge in [-0.15, -0.1) is 12.6 Å².